The Morgan fingerprint density at radius 1 is 1.37 bits per heavy atom. The van der Waals surface area contributed by atoms with E-state index in [0.29, 0.717) is 23.2 Å². The van der Waals surface area contributed by atoms with Gasteiger partial charge in [0.2, 0.25) is 5.91 Å². The molecule has 0 bridgehead atoms. The van der Waals surface area contributed by atoms with E-state index in [-0.39, 0.29) is 33.2 Å². The highest BCUT2D eigenvalue weighted by Gasteiger charge is 2.27. The third kappa shape index (κ3) is 5.87. The highest BCUT2D eigenvalue weighted by atomic mass is 32.2. The van der Waals surface area contributed by atoms with Gasteiger partial charge in [-0.1, -0.05) is 24.8 Å². The lowest BCUT2D eigenvalue weighted by atomic mass is 9.88. The zero-order valence-corrected chi connectivity index (χ0v) is 24.3. The number of fused-ring (bicyclic) bond motifs is 1. The van der Waals surface area contributed by atoms with E-state index in [0.717, 1.165) is 42.0 Å². The number of nitrogens with two attached hydrogens (primary N) is 1. The number of primary amides is 1. The van der Waals surface area contributed by atoms with Crippen molar-refractivity contribution >= 4 is 57.2 Å². The van der Waals surface area contributed by atoms with E-state index in [1.807, 2.05) is 4.57 Å². The Labute approximate surface area is 233 Å². The maximum absolute atomic E-state index is 12.9. The molecule has 0 saturated carbocycles. The first-order valence-corrected chi connectivity index (χ1v) is 15.0. The van der Waals surface area contributed by atoms with Crippen LogP contribution in [-0.4, -0.2) is 44.4 Å². The molecule has 0 aromatic carbocycles. The molecule has 3 aromatic rings. The first kappa shape index (κ1) is 28.1. The Balaban J connectivity index is 1.53. The van der Waals surface area contributed by atoms with Gasteiger partial charge >= 0.3 is 5.97 Å². The summed E-state index contributed by atoms with van der Waals surface area (Å²) in [7, 11) is 0. The van der Waals surface area contributed by atoms with Gasteiger partial charge in [-0.25, -0.2) is 4.79 Å². The quantitative estimate of drug-likeness (QED) is 0.196. The minimum atomic E-state index is -0.670. The summed E-state index contributed by atoms with van der Waals surface area (Å²) >= 11 is 3.98. The molecule has 38 heavy (non-hydrogen) atoms. The number of nitrogens with one attached hydrogen (secondary N) is 1. The van der Waals surface area contributed by atoms with Crippen LogP contribution in [0.2, 0.25) is 0 Å². The van der Waals surface area contributed by atoms with Crippen molar-refractivity contribution in [3.63, 3.8) is 0 Å². The van der Waals surface area contributed by atoms with Gasteiger partial charge in [-0.3, -0.25) is 14.2 Å². The number of amides is 2. The number of aromatic nitrogens is 3. The van der Waals surface area contributed by atoms with Crippen LogP contribution in [0, 0.1) is 12.8 Å². The van der Waals surface area contributed by atoms with Crippen molar-refractivity contribution in [2.45, 2.75) is 64.8 Å². The van der Waals surface area contributed by atoms with Gasteiger partial charge in [0.1, 0.15) is 5.00 Å². The highest BCUT2D eigenvalue weighted by Crippen LogP contribution is 2.38. The summed E-state index contributed by atoms with van der Waals surface area (Å²) in [6.45, 7) is 11.7. The summed E-state index contributed by atoms with van der Waals surface area (Å²) in [5, 5.41) is 14.6. The largest absolute Gasteiger partial charge is 0.459 e. The van der Waals surface area contributed by atoms with Crippen LogP contribution >= 0.6 is 34.4 Å². The third-order valence-electron chi connectivity index (χ3n) is 6.17. The minimum Gasteiger partial charge on any atom is -0.459 e. The molecule has 0 fully saturated rings. The number of anilines is 1. The number of allylic oxidation sites excluding steroid dienone is 1. The first-order chi connectivity index (χ1) is 18.1. The molecule has 3 heterocycles. The molecule has 0 aliphatic heterocycles. The molecular formula is C26H31N5O4S3. The highest BCUT2D eigenvalue weighted by molar-refractivity contribution is 7.99. The second-order valence-corrected chi connectivity index (χ2v) is 12.4. The predicted molar refractivity (Wildman–Crippen MR) is 152 cm³/mol. The Kier molecular flexibility index (Phi) is 8.74. The van der Waals surface area contributed by atoms with Gasteiger partial charge in [-0.2, -0.15) is 0 Å². The van der Waals surface area contributed by atoms with Crippen LogP contribution in [0.25, 0.3) is 11.4 Å². The van der Waals surface area contributed by atoms with Crippen LogP contribution < -0.4 is 11.1 Å². The van der Waals surface area contributed by atoms with E-state index < -0.39 is 11.9 Å². The molecule has 9 nitrogen and oxygen atoms in total. The van der Waals surface area contributed by atoms with Crippen LogP contribution in [0.3, 0.4) is 0 Å². The normalized spacial score (nSPS) is 14.8. The number of rotatable bonds is 10. The number of thioether (sulfide) groups is 1. The smallest absolute Gasteiger partial charge is 0.341 e. The van der Waals surface area contributed by atoms with Crippen molar-refractivity contribution < 1.29 is 19.1 Å². The van der Waals surface area contributed by atoms with Crippen LogP contribution in [0.15, 0.2) is 23.2 Å². The summed E-state index contributed by atoms with van der Waals surface area (Å²) in [5.41, 5.74) is 8.46. The van der Waals surface area contributed by atoms with Gasteiger partial charge in [0.15, 0.2) is 11.0 Å². The molecule has 3 aromatic heterocycles. The molecule has 12 heteroatoms. The molecule has 202 valence electrons. The van der Waals surface area contributed by atoms with Gasteiger partial charge in [-0.15, -0.1) is 39.4 Å². The molecule has 2 amide bonds. The molecule has 1 unspecified atom stereocenters. The maximum atomic E-state index is 12.9. The van der Waals surface area contributed by atoms with E-state index in [9.17, 15) is 14.4 Å². The van der Waals surface area contributed by atoms with Crippen molar-refractivity contribution in [2.24, 2.45) is 11.7 Å². The number of nitrogens with zero attached hydrogens (tertiary/aromatic N) is 3. The monoisotopic (exact) mass is 573 g/mol. The summed E-state index contributed by atoms with van der Waals surface area (Å²) in [6, 6.07) is 0. The number of ether oxygens (including phenoxy) is 1. The molecule has 0 radical (unpaired) electrons. The van der Waals surface area contributed by atoms with Crippen LogP contribution in [0.1, 0.15) is 63.2 Å². The SMILES string of the molecule is C=CCn1c(SCC(=O)Nc2sc(C(N)=O)c(C)c2C(=O)OC(C)C)nnc1-c1csc2c1CCC(C)C2. The Bertz CT molecular complexity index is 1390. The molecule has 3 N–H and O–H groups in total. The zero-order valence-electron chi connectivity index (χ0n) is 21.8. The topological polar surface area (TPSA) is 129 Å². The summed E-state index contributed by atoms with van der Waals surface area (Å²) in [6.07, 6.45) is 4.69. The number of esters is 1. The Morgan fingerprint density at radius 2 is 2.13 bits per heavy atom. The van der Waals surface area contributed by atoms with Crippen molar-refractivity contribution in [1.82, 2.24) is 14.8 Å². The standard InChI is InChI=1S/C26H31N5O4S3/c1-6-9-31-23(17-11-36-18-10-14(4)7-8-16(17)18)29-30-26(31)37-12-19(32)28-24-20(25(34)35-13(2)3)15(5)21(38-24)22(27)33/h6,11,13-14H,1,7-10,12H2,2-5H3,(H2,27,33)(H,28,32). The van der Waals surface area contributed by atoms with Gasteiger partial charge in [0, 0.05) is 22.4 Å². The van der Waals surface area contributed by atoms with E-state index in [2.05, 4.69) is 34.4 Å². The number of hydrogen-bond donors (Lipinski definition) is 2. The number of hydrogen-bond acceptors (Lipinski definition) is 9. The molecule has 1 atom stereocenters. The first-order valence-electron chi connectivity index (χ1n) is 12.3. The summed E-state index contributed by atoms with van der Waals surface area (Å²) in [5.74, 6) is -0.162. The fraction of sp³-hybridized carbons (Fsp3) is 0.423. The predicted octanol–water partition coefficient (Wildman–Crippen LogP) is 5.08. The van der Waals surface area contributed by atoms with E-state index in [1.165, 1.54) is 22.2 Å². The van der Waals surface area contributed by atoms with Crippen LogP contribution in [-0.2, 0) is 28.9 Å². The number of carbonyl (C=O) groups is 3. The van der Waals surface area contributed by atoms with Crippen molar-refractivity contribution in [2.75, 3.05) is 11.1 Å². The number of thiophene rings is 2. The minimum absolute atomic E-state index is 0.0239. The van der Waals surface area contributed by atoms with E-state index >= 15 is 0 Å². The number of carbonyl (C=O) groups excluding carboxylic acids is 3. The maximum Gasteiger partial charge on any atom is 0.341 e. The molecule has 4 rings (SSSR count). The van der Waals surface area contributed by atoms with Gasteiger partial charge in [0.25, 0.3) is 5.91 Å². The van der Waals surface area contributed by atoms with E-state index in [1.54, 1.807) is 38.2 Å². The second-order valence-electron chi connectivity index (χ2n) is 9.52. The van der Waals surface area contributed by atoms with Gasteiger partial charge < -0.3 is 15.8 Å². The summed E-state index contributed by atoms with van der Waals surface area (Å²) < 4.78 is 7.29. The second kappa shape index (κ2) is 11.8. The fourth-order valence-electron chi connectivity index (χ4n) is 4.40. The van der Waals surface area contributed by atoms with Crippen LogP contribution in [0.5, 0.6) is 0 Å². The van der Waals surface area contributed by atoms with E-state index in [4.69, 9.17) is 10.5 Å². The fourth-order valence-corrected chi connectivity index (χ4v) is 7.46. The summed E-state index contributed by atoms with van der Waals surface area (Å²) in [4.78, 5) is 39.1. The average molecular weight is 574 g/mol. The zero-order chi connectivity index (χ0) is 27.6. The molecule has 0 saturated heterocycles. The Morgan fingerprint density at radius 3 is 2.82 bits per heavy atom. The van der Waals surface area contributed by atoms with Crippen molar-refractivity contribution in [3.8, 4) is 11.4 Å². The lowest BCUT2D eigenvalue weighted by Gasteiger charge is -2.19. The van der Waals surface area contributed by atoms with Gasteiger partial charge in [-0.05, 0) is 57.1 Å². The third-order valence-corrected chi connectivity index (χ3v) is 9.41. The van der Waals surface area contributed by atoms with Crippen LogP contribution in [0.4, 0.5) is 5.00 Å². The molecular weight excluding hydrogens is 543 g/mol. The van der Waals surface area contributed by atoms with Crippen molar-refractivity contribution in [3.05, 3.63) is 44.5 Å². The van der Waals surface area contributed by atoms with Gasteiger partial charge in [0.05, 0.1) is 22.3 Å². The van der Waals surface area contributed by atoms with Crippen molar-refractivity contribution in [1.29, 1.82) is 0 Å². The Hall–Kier alpha value is -2.96. The molecule has 1 aliphatic carbocycles. The lowest BCUT2D eigenvalue weighted by molar-refractivity contribution is -0.113. The molecule has 0 spiro atoms. The average Bonchev–Trinajstić information content (AvgIpc) is 3.52. The lowest BCUT2D eigenvalue weighted by Crippen LogP contribution is -2.18. The molecule has 1 aliphatic rings.